The van der Waals surface area contributed by atoms with Crippen molar-refractivity contribution in [2.45, 2.75) is 46.5 Å². The minimum atomic E-state index is 0.910. The molecule has 0 saturated carbocycles. The zero-order valence-corrected chi connectivity index (χ0v) is 9.19. The quantitative estimate of drug-likeness (QED) is 0.580. The van der Waals surface area contributed by atoms with E-state index in [1.165, 1.54) is 32.2 Å². The van der Waals surface area contributed by atoms with E-state index in [1.807, 2.05) is 7.05 Å². The summed E-state index contributed by atoms with van der Waals surface area (Å²) in [4.78, 5) is 0. The van der Waals surface area contributed by atoms with E-state index in [1.54, 1.807) is 0 Å². The van der Waals surface area contributed by atoms with Gasteiger partial charge in [0.05, 0.1) is 0 Å². The topological polar surface area (TPSA) is 12.0 Å². The highest BCUT2D eigenvalue weighted by atomic mass is 14.8. The fraction of sp³-hybridized carbons (Fsp3) is 1.00. The first-order chi connectivity index (χ1) is 5.70. The van der Waals surface area contributed by atoms with Gasteiger partial charge in [0.1, 0.15) is 0 Å². The largest absolute Gasteiger partial charge is 0.320 e. The van der Waals surface area contributed by atoms with Crippen LogP contribution in [-0.2, 0) is 0 Å². The van der Waals surface area contributed by atoms with E-state index in [9.17, 15) is 0 Å². The molecule has 1 heteroatoms. The zero-order valence-electron chi connectivity index (χ0n) is 9.19. The van der Waals surface area contributed by atoms with Crippen molar-refractivity contribution in [3.63, 3.8) is 0 Å². The summed E-state index contributed by atoms with van der Waals surface area (Å²) in [5.74, 6) is 1.82. The molecule has 0 fully saturated rings. The van der Waals surface area contributed by atoms with Crippen LogP contribution in [0.4, 0.5) is 0 Å². The third-order valence-electron chi connectivity index (χ3n) is 2.63. The molecule has 0 bridgehead atoms. The van der Waals surface area contributed by atoms with Gasteiger partial charge in [0.15, 0.2) is 0 Å². The molecular weight excluding hydrogens is 146 g/mol. The predicted molar refractivity (Wildman–Crippen MR) is 56.4 cm³/mol. The maximum atomic E-state index is 3.19. The number of hydrogen-bond acceptors (Lipinski definition) is 1. The van der Waals surface area contributed by atoms with Gasteiger partial charge in [-0.25, -0.2) is 0 Å². The molecule has 0 aliphatic rings. The second-order valence-electron chi connectivity index (χ2n) is 4.10. The molecule has 1 N–H and O–H groups in total. The van der Waals surface area contributed by atoms with Crippen LogP contribution in [0.5, 0.6) is 0 Å². The van der Waals surface area contributed by atoms with Gasteiger partial charge in [0, 0.05) is 0 Å². The molecule has 0 heterocycles. The number of rotatable bonds is 7. The van der Waals surface area contributed by atoms with Crippen LogP contribution in [0.15, 0.2) is 0 Å². The van der Waals surface area contributed by atoms with Gasteiger partial charge in [0.2, 0.25) is 0 Å². The van der Waals surface area contributed by atoms with E-state index in [2.05, 4.69) is 26.1 Å². The molecule has 0 aromatic heterocycles. The molecule has 2 atom stereocenters. The first-order valence-electron chi connectivity index (χ1n) is 5.35. The van der Waals surface area contributed by atoms with Gasteiger partial charge in [-0.1, -0.05) is 27.2 Å². The molecule has 74 valence electrons. The highest BCUT2D eigenvalue weighted by Gasteiger charge is 2.06. The van der Waals surface area contributed by atoms with E-state index in [0.29, 0.717) is 0 Å². The SMILES string of the molecule is CCC(C)CC(C)CCCNC. The lowest BCUT2D eigenvalue weighted by Gasteiger charge is -2.15. The van der Waals surface area contributed by atoms with Crippen molar-refractivity contribution in [3.05, 3.63) is 0 Å². The van der Waals surface area contributed by atoms with Crippen molar-refractivity contribution < 1.29 is 0 Å². The number of nitrogens with one attached hydrogen (secondary N) is 1. The van der Waals surface area contributed by atoms with Crippen LogP contribution in [-0.4, -0.2) is 13.6 Å². The van der Waals surface area contributed by atoms with Gasteiger partial charge in [0.25, 0.3) is 0 Å². The second-order valence-corrected chi connectivity index (χ2v) is 4.10. The Kier molecular flexibility index (Phi) is 7.58. The monoisotopic (exact) mass is 171 g/mol. The Bertz CT molecular complexity index is 91.0. The van der Waals surface area contributed by atoms with Crippen LogP contribution >= 0.6 is 0 Å². The van der Waals surface area contributed by atoms with Crippen molar-refractivity contribution in [3.8, 4) is 0 Å². The molecule has 0 aromatic carbocycles. The van der Waals surface area contributed by atoms with Gasteiger partial charge in [-0.2, -0.15) is 0 Å². The maximum Gasteiger partial charge on any atom is -0.00518 e. The van der Waals surface area contributed by atoms with Crippen LogP contribution < -0.4 is 5.32 Å². The molecule has 0 spiro atoms. The minimum Gasteiger partial charge on any atom is -0.320 e. The molecule has 0 saturated heterocycles. The van der Waals surface area contributed by atoms with Crippen LogP contribution in [0.3, 0.4) is 0 Å². The number of hydrogen-bond donors (Lipinski definition) is 1. The van der Waals surface area contributed by atoms with Crippen molar-refractivity contribution >= 4 is 0 Å². The Morgan fingerprint density at radius 1 is 1.17 bits per heavy atom. The summed E-state index contributed by atoms with van der Waals surface area (Å²) >= 11 is 0. The van der Waals surface area contributed by atoms with Crippen LogP contribution in [0.1, 0.15) is 46.5 Å². The summed E-state index contributed by atoms with van der Waals surface area (Å²) in [7, 11) is 2.03. The second kappa shape index (κ2) is 7.60. The summed E-state index contributed by atoms with van der Waals surface area (Å²) in [5, 5.41) is 3.19. The highest BCUT2D eigenvalue weighted by molar-refractivity contribution is 4.59. The Morgan fingerprint density at radius 2 is 1.83 bits per heavy atom. The van der Waals surface area contributed by atoms with Crippen LogP contribution in [0.2, 0.25) is 0 Å². The van der Waals surface area contributed by atoms with Gasteiger partial charge in [-0.05, 0) is 44.7 Å². The fourth-order valence-corrected chi connectivity index (χ4v) is 1.60. The fourth-order valence-electron chi connectivity index (χ4n) is 1.60. The summed E-state index contributed by atoms with van der Waals surface area (Å²) in [5.41, 5.74) is 0. The van der Waals surface area contributed by atoms with Crippen molar-refractivity contribution in [1.29, 1.82) is 0 Å². The molecule has 0 aromatic rings. The third-order valence-corrected chi connectivity index (χ3v) is 2.63. The molecule has 1 nitrogen and oxygen atoms in total. The van der Waals surface area contributed by atoms with E-state index in [0.717, 1.165) is 11.8 Å². The normalized spacial score (nSPS) is 16.0. The van der Waals surface area contributed by atoms with Crippen molar-refractivity contribution in [1.82, 2.24) is 5.32 Å². The smallest absolute Gasteiger partial charge is 0.00518 e. The first-order valence-corrected chi connectivity index (χ1v) is 5.35. The molecule has 12 heavy (non-hydrogen) atoms. The maximum absolute atomic E-state index is 3.19. The standard InChI is InChI=1S/C11H25N/c1-5-10(2)9-11(3)7-6-8-12-4/h10-12H,5-9H2,1-4H3. The lowest BCUT2D eigenvalue weighted by Crippen LogP contribution is -2.10. The van der Waals surface area contributed by atoms with Crippen LogP contribution in [0, 0.1) is 11.8 Å². The summed E-state index contributed by atoms with van der Waals surface area (Å²) in [6, 6.07) is 0. The Balaban J connectivity index is 3.26. The highest BCUT2D eigenvalue weighted by Crippen LogP contribution is 2.18. The Labute approximate surface area is 77.9 Å². The molecule has 0 rings (SSSR count). The molecular formula is C11H25N. The first kappa shape index (κ1) is 12.0. The van der Waals surface area contributed by atoms with Gasteiger partial charge < -0.3 is 5.32 Å². The lowest BCUT2D eigenvalue weighted by atomic mass is 9.92. The average molecular weight is 171 g/mol. The molecule has 0 amide bonds. The summed E-state index contributed by atoms with van der Waals surface area (Å²) in [6.07, 6.45) is 5.44. The van der Waals surface area contributed by atoms with Crippen LogP contribution in [0.25, 0.3) is 0 Å². The van der Waals surface area contributed by atoms with E-state index in [-0.39, 0.29) is 0 Å². The van der Waals surface area contributed by atoms with Gasteiger partial charge in [-0.15, -0.1) is 0 Å². The van der Waals surface area contributed by atoms with E-state index >= 15 is 0 Å². The summed E-state index contributed by atoms with van der Waals surface area (Å²) in [6.45, 7) is 8.19. The third kappa shape index (κ3) is 6.66. The van der Waals surface area contributed by atoms with Gasteiger partial charge >= 0.3 is 0 Å². The van der Waals surface area contributed by atoms with E-state index in [4.69, 9.17) is 0 Å². The average Bonchev–Trinajstić information content (AvgIpc) is 2.05. The Morgan fingerprint density at radius 3 is 2.33 bits per heavy atom. The van der Waals surface area contributed by atoms with E-state index < -0.39 is 0 Å². The molecule has 2 unspecified atom stereocenters. The molecule has 0 aliphatic carbocycles. The predicted octanol–water partition coefficient (Wildman–Crippen LogP) is 3.06. The van der Waals surface area contributed by atoms with Crippen molar-refractivity contribution in [2.75, 3.05) is 13.6 Å². The Hall–Kier alpha value is -0.0400. The zero-order chi connectivity index (χ0) is 9.40. The molecule has 0 aliphatic heterocycles. The minimum absolute atomic E-state index is 0.910. The van der Waals surface area contributed by atoms with Crippen molar-refractivity contribution in [2.24, 2.45) is 11.8 Å². The molecule has 0 radical (unpaired) electrons. The van der Waals surface area contributed by atoms with Gasteiger partial charge in [-0.3, -0.25) is 0 Å². The summed E-state index contributed by atoms with van der Waals surface area (Å²) < 4.78 is 0. The lowest BCUT2D eigenvalue weighted by molar-refractivity contribution is 0.378.